The number of rotatable bonds is 5. The van der Waals surface area contributed by atoms with Crippen molar-refractivity contribution >= 4 is 45.7 Å². The molecule has 6 aromatic rings. The normalized spacial score (nSPS) is 11.1. The van der Waals surface area contributed by atoms with E-state index in [9.17, 15) is 8.78 Å². The largest absolute Gasteiger partial charge is 0.421 e. The van der Waals surface area contributed by atoms with E-state index in [1.807, 2.05) is 36.4 Å². The number of fused-ring (bicyclic) bond motifs is 2. The van der Waals surface area contributed by atoms with Crippen LogP contribution in [0.5, 0.6) is 0 Å². The third-order valence-corrected chi connectivity index (χ3v) is 5.57. The van der Waals surface area contributed by atoms with E-state index in [-0.39, 0.29) is 19.0 Å². The number of benzene rings is 3. The van der Waals surface area contributed by atoms with Crippen molar-refractivity contribution in [1.29, 1.82) is 0 Å². The van der Waals surface area contributed by atoms with Gasteiger partial charge in [-0.1, -0.05) is 0 Å². The van der Waals surface area contributed by atoms with Gasteiger partial charge in [0.05, 0.1) is 23.8 Å². The number of aromatic nitrogens is 6. The lowest BCUT2D eigenvalue weighted by molar-refractivity contribution is 0.533. The van der Waals surface area contributed by atoms with Crippen molar-refractivity contribution in [2.45, 2.75) is 13.5 Å². The van der Waals surface area contributed by atoms with E-state index in [2.05, 4.69) is 30.6 Å². The summed E-state index contributed by atoms with van der Waals surface area (Å²) in [7, 11) is 0. The average Bonchev–Trinajstić information content (AvgIpc) is 3.44. The molecule has 0 atom stereocenters. The van der Waals surface area contributed by atoms with Gasteiger partial charge in [0.15, 0.2) is 0 Å². The second-order valence-electron chi connectivity index (χ2n) is 8.06. The van der Waals surface area contributed by atoms with Crippen molar-refractivity contribution in [3.8, 4) is 11.5 Å². The molecule has 6 rings (SSSR count). The van der Waals surface area contributed by atoms with Crippen molar-refractivity contribution < 1.29 is 13.2 Å². The Labute approximate surface area is 209 Å². The molecule has 0 spiro atoms. The summed E-state index contributed by atoms with van der Waals surface area (Å²) in [4.78, 5) is 8.76. The Balaban J connectivity index is 0.00000267. The van der Waals surface area contributed by atoms with E-state index < -0.39 is 11.6 Å². The summed E-state index contributed by atoms with van der Waals surface area (Å²) in [5.74, 6) is 0.301. The predicted molar refractivity (Wildman–Crippen MR) is 133 cm³/mol. The maximum Gasteiger partial charge on any atom is 0.247 e. The van der Waals surface area contributed by atoms with Crippen LogP contribution in [0.2, 0.25) is 0 Å². The molecule has 36 heavy (non-hydrogen) atoms. The molecule has 11 heteroatoms. The molecule has 0 radical (unpaired) electrons. The van der Waals surface area contributed by atoms with Gasteiger partial charge in [-0.05, 0) is 54.1 Å². The fourth-order valence-electron chi connectivity index (χ4n) is 4.01. The number of nitrogens with one attached hydrogen (secondary N) is 1. The summed E-state index contributed by atoms with van der Waals surface area (Å²) in [5, 5.41) is 17.4. The summed E-state index contributed by atoms with van der Waals surface area (Å²) in [6.07, 6.45) is 3.21. The minimum Gasteiger partial charge on any atom is -0.421 e. The van der Waals surface area contributed by atoms with E-state index in [0.717, 1.165) is 39.1 Å². The Hall–Kier alpha value is -4.44. The van der Waals surface area contributed by atoms with Crippen LogP contribution in [0.25, 0.3) is 33.3 Å². The number of hydrogen-bond donors (Lipinski definition) is 1. The van der Waals surface area contributed by atoms with Crippen molar-refractivity contribution in [1.82, 2.24) is 29.9 Å². The monoisotopic (exact) mass is 505 g/mol. The van der Waals surface area contributed by atoms with Crippen LogP contribution >= 0.6 is 12.4 Å². The molecule has 180 valence electrons. The Bertz CT molecular complexity index is 1700. The first kappa shape index (κ1) is 23.3. The highest BCUT2D eigenvalue weighted by Crippen LogP contribution is 2.29. The van der Waals surface area contributed by atoms with Crippen LogP contribution in [0.4, 0.5) is 20.3 Å². The van der Waals surface area contributed by atoms with E-state index in [1.54, 1.807) is 17.8 Å². The van der Waals surface area contributed by atoms with Crippen LogP contribution in [0.15, 0.2) is 71.5 Å². The van der Waals surface area contributed by atoms with Crippen LogP contribution in [-0.4, -0.2) is 29.9 Å². The van der Waals surface area contributed by atoms with Gasteiger partial charge >= 0.3 is 0 Å². The smallest absolute Gasteiger partial charge is 0.247 e. The zero-order valence-corrected chi connectivity index (χ0v) is 19.6. The van der Waals surface area contributed by atoms with E-state index >= 15 is 0 Å². The van der Waals surface area contributed by atoms with Crippen molar-refractivity contribution in [2.75, 3.05) is 5.32 Å². The Kier molecular flexibility index (Phi) is 6.03. The maximum absolute atomic E-state index is 13.6. The van der Waals surface area contributed by atoms with Crippen LogP contribution in [0.1, 0.15) is 11.5 Å². The maximum atomic E-state index is 13.6. The summed E-state index contributed by atoms with van der Waals surface area (Å²) in [5.41, 5.74) is 3.66. The third kappa shape index (κ3) is 4.46. The minimum atomic E-state index is -0.614. The number of aryl methyl sites for hydroxylation is 1. The SMILES string of the molecule is Cc1nnc(-c2ccc3ncnc(Nc4ccc5c(cnn5Cc5cc(F)cc(F)c5)c4)c3c2)o1.Cl. The van der Waals surface area contributed by atoms with Gasteiger partial charge in [-0.3, -0.25) is 4.68 Å². The molecule has 0 saturated heterocycles. The molecule has 0 fully saturated rings. The number of hydrogen-bond acceptors (Lipinski definition) is 7. The van der Waals surface area contributed by atoms with Crippen LogP contribution < -0.4 is 5.32 Å². The Morgan fingerprint density at radius 1 is 0.944 bits per heavy atom. The number of anilines is 2. The van der Waals surface area contributed by atoms with Crippen molar-refractivity contribution in [3.05, 3.63) is 90.2 Å². The first-order valence-corrected chi connectivity index (χ1v) is 10.7. The van der Waals surface area contributed by atoms with Gasteiger partial charge < -0.3 is 9.73 Å². The summed E-state index contributed by atoms with van der Waals surface area (Å²) in [6, 6.07) is 14.8. The lowest BCUT2D eigenvalue weighted by Crippen LogP contribution is -2.02. The zero-order valence-electron chi connectivity index (χ0n) is 18.8. The molecular weight excluding hydrogens is 488 g/mol. The molecule has 0 aliphatic carbocycles. The minimum absolute atomic E-state index is 0. The third-order valence-electron chi connectivity index (χ3n) is 5.57. The second kappa shape index (κ2) is 9.31. The molecule has 0 aliphatic rings. The molecule has 0 saturated carbocycles. The molecular formula is C25H18ClF2N7O. The first-order valence-electron chi connectivity index (χ1n) is 10.7. The summed E-state index contributed by atoms with van der Waals surface area (Å²) < 4.78 is 34.4. The molecule has 0 amide bonds. The molecule has 8 nitrogen and oxygen atoms in total. The van der Waals surface area contributed by atoms with Gasteiger partial charge in [0.1, 0.15) is 23.8 Å². The molecule has 3 aromatic carbocycles. The van der Waals surface area contributed by atoms with Gasteiger partial charge in [0, 0.05) is 35.0 Å². The lowest BCUT2D eigenvalue weighted by Gasteiger charge is -2.10. The number of halogens is 3. The van der Waals surface area contributed by atoms with E-state index in [0.29, 0.717) is 23.2 Å². The highest BCUT2D eigenvalue weighted by atomic mass is 35.5. The predicted octanol–water partition coefficient (Wildman–Crippen LogP) is 5.83. The highest BCUT2D eigenvalue weighted by Gasteiger charge is 2.12. The average molecular weight is 506 g/mol. The van der Waals surface area contributed by atoms with Gasteiger partial charge in [0.2, 0.25) is 11.8 Å². The van der Waals surface area contributed by atoms with Crippen molar-refractivity contribution in [3.63, 3.8) is 0 Å². The fraction of sp³-hybridized carbons (Fsp3) is 0.0800. The Morgan fingerprint density at radius 3 is 2.56 bits per heavy atom. The quantitative estimate of drug-likeness (QED) is 0.315. The first-order chi connectivity index (χ1) is 17.0. The van der Waals surface area contributed by atoms with Gasteiger partial charge in [-0.2, -0.15) is 5.10 Å². The van der Waals surface area contributed by atoms with E-state index in [4.69, 9.17) is 4.42 Å². The Morgan fingerprint density at radius 2 is 1.78 bits per heavy atom. The van der Waals surface area contributed by atoms with Gasteiger partial charge in [-0.25, -0.2) is 18.7 Å². The zero-order chi connectivity index (χ0) is 23.9. The molecule has 0 unspecified atom stereocenters. The number of nitrogens with zero attached hydrogens (tertiary/aromatic N) is 6. The van der Waals surface area contributed by atoms with E-state index in [1.165, 1.54) is 18.5 Å². The summed E-state index contributed by atoms with van der Waals surface area (Å²) in [6.45, 7) is 1.99. The molecule has 3 aromatic heterocycles. The van der Waals surface area contributed by atoms with Crippen LogP contribution in [-0.2, 0) is 6.54 Å². The van der Waals surface area contributed by atoms with Crippen LogP contribution in [0, 0.1) is 18.6 Å². The van der Waals surface area contributed by atoms with Gasteiger partial charge in [0.25, 0.3) is 0 Å². The highest BCUT2D eigenvalue weighted by molar-refractivity contribution is 5.94. The van der Waals surface area contributed by atoms with Gasteiger partial charge in [-0.15, -0.1) is 22.6 Å². The lowest BCUT2D eigenvalue weighted by atomic mass is 10.1. The molecule has 3 heterocycles. The standard InChI is InChI=1S/C25H17F2N7O.ClH/c1-14-32-33-25(35-14)16-2-4-22-21(9-16)24(29-13-28-22)31-20-3-5-23-17(8-20)11-30-34(23)12-15-6-18(26)10-19(27)7-15;/h2-11,13H,12H2,1H3,(H,28,29,31);1H. The molecule has 0 bridgehead atoms. The molecule has 0 aliphatic heterocycles. The second-order valence-corrected chi connectivity index (χ2v) is 8.06. The summed E-state index contributed by atoms with van der Waals surface area (Å²) >= 11 is 0. The molecule has 1 N–H and O–H groups in total. The fourth-order valence-corrected chi connectivity index (χ4v) is 4.01. The van der Waals surface area contributed by atoms with Crippen LogP contribution in [0.3, 0.4) is 0 Å². The van der Waals surface area contributed by atoms with Crippen molar-refractivity contribution in [2.24, 2.45) is 0 Å². The topological polar surface area (TPSA) is 94.5 Å².